The predicted molar refractivity (Wildman–Crippen MR) is 98.6 cm³/mol. The van der Waals surface area contributed by atoms with Gasteiger partial charge in [0, 0.05) is 39.1 Å². The molecule has 3 rings (SSSR count). The van der Waals surface area contributed by atoms with E-state index in [1.165, 1.54) is 12.0 Å². The van der Waals surface area contributed by atoms with Crippen molar-refractivity contribution in [2.75, 3.05) is 26.7 Å². The molecule has 24 heavy (non-hydrogen) atoms. The molecule has 0 radical (unpaired) electrons. The first-order chi connectivity index (χ1) is 11.6. The van der Waals surface area contributed by atoms with E-state index in [1.807, 2.05) is 24.0 Å². The minimum Gasteiger partial charge on any atom is -0.356 e. The average Bonchev–Trinajstić information content (AvgIpc) is 3.22. The summed E-state index contributed by atoms with van der Waals surface area (Å²) in [7, 11) is 1.87. The molecule has 1 aliphatic rings. The number of aromatic nitrogens is 2. The van der Waals surface area contributed by atoms with Crippen molar-refractivity contribution in [1.82, 2.24) is 20.0 Å². The van der Waals surface area contributed by atoms with Gasteiger partial charge in [0.05, 0.1) is 5.69 Å². The van der Waals surface area contributed by atoms with Crippen LogP contribution in [0.15, 0.2) is 47.7 Å². The van der Waals surface area contributed by atoms with E-state index in [2.05, 4.69) is 58.4 Å². The van der Waals surface area contributed by atoms with E-state index in [4.69, 9.17) is 0 Å². The number of nitrogens with one attached hydrogen (secondary N) is 1. The summed E-state index contributed by atoms with van der Waals surface area (Å²) in [5.41, 5.74) is 2.79. The summed E-state index contributed by atoms with van der Waals surface area (Å²) in [5.74, 6) is 1.02. The Morgan fingerprint density at radius 2 is 2.08 bits per heavy atom. The molecule has 0 aliphatic carbocycles. The predicted octanol–water partition coefficient (Wildman–Crippen LogP) is 2.72. The molecular weight excluding hydrogens is 298 g/mol. The lowest BCUT2D eigenvalue weighted by Gasteiger charge is -2.23. The first-order valence-electron chi connectivity index (χ1n) is 8.62. The van der Waals surface area contributed by atoms with Gasteiger partial charge in [0.25, 0.3) is 0 Å². The Bertz CT molecular complexity index is 670. The van der Waals surface area contributed by atoms with Crippen LogP contribution < -0.4 is 5.32 Å². The minimum atomic E-state index is 0.389. The van der Waals surface area contributed by atoms with Crippen molar-refractivity contribution in [3.05, 3.63) is 48.3 Å². The van der Waals surface area contributed by atoms with Gasteiger partial charge in [-0.25, -0.2) is 4.68 Å². The lowest BCUT2D eigenvalue weighted by atomic mass is 9.93. The van der Waals surface area contributed by atoms with Gasteiger partial charge in [-0.05, 0) is 42.0 Å². The fraction of sp³-hybridized carbons (Fsp3) is 0.474. The van der Waals surface area contributed by atoms with Crippen LogP contribution in [-0.2, 0) is 6.42 Å². The van der Waals surface area contributed by atoms with Gasteiger partial charge in [0.1, 0.15) is 0 Å². The van der Waals surface area contributed by atoms with Crippen molar-refractivity contribution in [3.8, 4) is 5.69 Å². The Morgan fingerprint density at radius 3 is 2.67 bits per heavy atom. The molecule has 0 amide bonds. The fourth-order valence-corrected chi connectivity index (χ4v) is 3.18. The van der Waals surface area contributed by atoms with E-state index in [-0.39, 0.29) is 0 Å². The van der Waals surface area contributed by atoms with Crippen molar-refractivity contribution in [3.63, 3.8) is 0 Å². The second-order valence-electron chi connectivity index (χ2n) is 7.18. The van der Waals surface area contributed by atoms with E-state index in [9.17, 15) is 0 Å². The van der Waals surface area contributed by atoms with Crippen molar-refractivity contribution in [2.45, 2.75) is 26.7 Å². The third kappa shape index (κ3) is 3.96. The molecule has 128 valence electrons. The second-order valence-corrected chi connectivity index (χ2v) is 7.18. The van der Waals surface area contributed by atoms with E-state index >= 15 is 0 Å². The Morgan fingerprint density at radius 1 is 1.29 bits per heavy atom. The Labute approximate surface area is 144 Å². The molecule has 1 aliphatic heterocycles. The molecule has 2 aromatic rings. The topological polar surface area (TPSA) is 45.5 Å². The van der Waals surface area contributed by atoms with Crippen LogP contribution in [0.4, 0.5) is 0 Å². The molecule has 0 spiro atoms. The van der Waals surface area contributed by atoms with Crippen molar-refractivity contribution in [2.24, 2.45) is 10.4 Å². The molecule has 1 saturated heterocycles. The summed E-state index contributed by atoms with van der Waals surface area (Å²) in [6, 6.07) is 10.5. The molecule has 5 nitrogen and oxygen atoms in total. The lowest BCUT2D eigenvalue weighted by molar-refractivity contribution is 0.370. The van der Waals surface area contributed by atoms with E-state index in [1.54, 1.807) is 6.20 Å². The van der Waals surface area contributed by atoms with Gasteiger partial charge in [0.15, 0.2) is 5.96 Å². The number of nitrogens with zero attached hydrogens (tertiary/aromatic N) is 4. The van der Waals surface area contributed by atoms with Crippen LogP contribution >= 0.6 is 0 Å². The first kappa shape index (κ1) is 16.6. The van der Waals surface area contributed by atoms with Crippen molar-refractivity contribution >= 4 is 5.96 Å². The van der Waals surface area contributed by atoms with Gasteiger partial charge in [-0.2, -0.15) is 5.10 Å². The monoisotopic (exact) mass is 325 g/mol. The van der Waals surface area contributed by atoms with Crippen LogP contribution in [-0.4, -0.2) is 47.3 Å². The maximum absolute atomic E-state index is 4.43. The van der Waals surface area contributed by atoms with Crippen LogP contribution in [0.3, 0.4) is 0 Å². The summed E-state index contributed by atoms with van der Waals surface area (Å²) in [4.78, 5) is 6.80. The molecule has 0 unspecified atom stereocenters. The lowest BCUT2D eigenvalue weighted by Crippen LogP contribution is -2.41. The Hall–Kier alpha value is -2.30. The number of guanidine groups is 1. The Kier molecular flexibility index (Phi) is 4.88. The zero-order chi connectivity index (χ0) is 17.0. The number of rotatable bonds is 4. The highest BCUT2D eigenvalue weighted by Gasteiger charge is 2.30. The fourth-order valence-electron chi connectivity index (χ4n) is 3.18. The highest BCUT2D eigenvalue weighted by atomic mass is 15.3. The molecule has 0 bridgehead atoms. The van der Waals surface area contributed by atoms with Gasteiger partial charge in [-0.3, -0.25) is 4.99 Å². The third-order valence-electron chi connectivity index (χ3n) is 4.59. The van der Waals surface area contributed by atoms with Crippen molar-refractivity contribution < 1.29 is 0 Å². The van der Waals surface area contributed by atoms with E-state index in [0.717, 1.165) is 37.7 Å². The number of benzene rings is 1. The highest BCUT2D eigenvalue weighted by Crippen LogP contribution is 2.28. The molecule has 5 heteroatoms. The van der Waals surface area contributed by atoms with E-state index < -0.39 is 0 Å². The van der Waals surface area contributed by atoms with Gasteiger partial charge < -0.3 is 10.2 Å². The molecule has 0 atom stereocenters. The Balaban J connectivity index is 1.51. The summed E-state index contributed by atoms with van der Waals surface area (Å²) < 4.78 is 1.87. The second kappa shape index (κ2) is 7.07. The molecular formula is C19H27N5. The summed E-state index contributed by atoms with van der Waals surface area (Å²) in [6.07, 6.45) is 5.96. The number of aliphatic imine (C=N–C) groups is 1. The minimum absolute atomic E-state index is 0.389. The summed E-state index contributed by atoms with van der Waals surface area (Å²) >= 11 is 0. The number of hydrogen-bond donors (Lipinski definition) is 1. The zero-order valence-corrected chi connectivity index (χ0v) is 14.9. The highest BCUT2D eigenvalue weighted by molar-refractivity contribution is 5.80. The molecule has 1 aromatic carbocycles. The number of likely N-dealkylation sites (tertiary alicyclic amines) is 1. The number of hydrogen-bond acceptors (Lipinski definition) is 2. The quantitative estimate of drug-likeness (QED) is 0.694. The van der Waals surface area contributed by atoms with Crippen LogP contribution in [0, 0.1) is 5.41 Å². The van der Waals surface area contributed by atoms with E-state index in [0.29, 0.717) is 5.41 Å². The molecule has 0 saturated carbocycles. The average molecular weight is 325 g/mol. The maximum atomic E-state index is 4.43. The van der Waals surface area contributed by atoms with Crippen LogP contribution in [0.25, 0.3) is 5.69 Å². The van der Waals surface area contributed by atoms with Gasteiger partial charge >= 0.3 is 0 Å². The third-order valence-corrected chi connectivity index (χ3v) is 4.59. The largest absolute Gasteiger partial charge is 0.356 e. The van der Waals surface area contributed by atoms with Crippen molar-refractivity contribution in [1.29, 1.82) is 0 Å². The molecule has 1 aromatic heterocycles. The molecule has 2 heterocycles. The zero-order valence-electron chi connectivity index (χ0n) is 14.9. The van der Waals surface area contributed by atoms with Gasteiger partial charge in [0.2, 0.25) is 0 Å². The molecule has 1 N–H and O–H groups in total. The van der Waals surface area contributed by atoms with Gasteiger partial charge in [-0.1, -0.05) is 26.0 Å². The first-order valence-corrected chi connectivity index (χ1v) is 8.62. The summed E-state index contributed by atoms with van der Waals surface area (Å²) in [5, 5.41) is 7.75. The summed E-state index contributed by atoms with van der Waals surface area (Å²) in [6.45, 7) is 7.70. The normalized spacial score (nSPS) is 17.3. The van der Waals surface area contributed by atoms with Gasteiger partial charge in [-0.15, -0.1) is 0 Å². The van der Waals surface area contributed by atoms with Crippen LogP contribution in [0.2, 0.25) is 0 Å². The standard InChI is InChI=1S/C19H27N5/c1-19(2)10-14-23(15-19)18(20-3)21-12-9-16-5-7-17(8-6-16)24-13-4-11-22-24/h4-8,11,13H,9-10,12,14-15H2,1-3H3,(H,20,21). The SMILES string of the molecule is CN=C(NCCc1ccc(-n2cccn2)cc1)N1CCC(C)(C)C1. The van der Waals surface area contributed by atoms with Crippen LogP contribution in [0.1, 0.15) is 25.8 Å². The smallest absolute Gasteiger partial charge is 0.193 e. The maximum Gasteiger partial charge on any atom is 0.193 e. The molecule has 1 fully saturated rings. The van der Waals surface area contributed by atoms with Crippen LogP contribution in [0.5, 0.6) is 0 Å².